The van der Waals surface area contributed by atoms with Gasteiger partial charge in [-0.1, -0.05) is 35.9 Å². The summed E-state index contributed by atoms with van der Waals surface area (Å²) in [5.74, 6) is -0.329. The molecule has 134 valence electrons. The lowest BCUT2D eigenvalue weighted by Crippen LogP contribution is -2.32. The molecular weight excluding hydrogens is 328 g/mol. The third-order valence-electron chi connectivity index (χ3n) is 4.44. The summed E-state index contributed by atoms with van der Waals surface area (Å²) in [6, 6.07) is 13.4. The van der Waals surface area contributed by atoms with Crippen molar-refractivity contribution < 1.29 is 14.3 Å². The van der Waals surface area contributed by atoms with Crippen molar-refractivity contribution in [3.63, 3.8) is 0 Å². The fourth-order valence-electron chi connectivity index (χ4n) is 3.18. The Labute approximate surface area is 152 Å². The molecule has 0 radical (unpaired) electrons. The number of hydrogen-bond acceptors (Lipinski definition) is 3. The van der Waals surface area contributed by atoms with Gasteiger partial charge in [0.25, 0.3) is 11.7 Å². The van der Waals surface area contributed by atoms with E-state index in [1.165, 1.54) is 0 Å². The largest absolute Gasteiger partial charge is 0.496 e. The molecule has 0 unspecified atom stereocenters. The summed E-state index contributed by atoms with van der Waals surface area (Å²) >= 11 is 0. The number of ether oxygens (including phenoxy) is 1. The zero-order valence-electron chi connectivity index (χ0n) is 15.2. The number of H-pyrrole nitrogens is 1. The van der Waals surface area contributed by atoms with E-state index in [2.05, 4.69) is 10.3 Å². The van der Waals surface area contributed by atoms with Crippen LogP contribution in [0.1, 0.15) is 27.2 Å². The minimum atomic E-state index is -0.593. The number of aromatic amines is 1. The van der Waals surface area contributed by atoms with Crippen molar-refractivity contribution in [1.82, 2.24) is 10.3 Å². The van der Waals surface area contributed by atoms with E-state index in [9.17, 15) is 9.59 Å². The number of benzene rings is 2. The Hall–Kier alpha value is -3.08. The van der Waals surface area contributed by atoms with Gasteiger partial charge in [-0.3, -0.25) is 9.59 Å². The summed E-state index contributed by atoms with van der Waals surface area (Å²) in [7, 11) is 1.62. The van der Waals surface area contributed by atoms with Crippen LogP contribution in [0.3, 0.4) is 0 Å². The number of ketones is 1. The SMILES string of the molecule is COc1ccc(C)cc1CCNC(=O)C(=O)c1c(C)[nH]c2ccccc12. The van der Waals surface area contributed by atoms with E-state index in [0.29, 0.717) is 24.2 Å². The van der Waals surface area contributed by atoms with Crippen molar-refractivity contribution in [2.75, 3.05) is 13.7 Å². The number of methoxy groups -OCH3 is 1. The van der Waals surface area contributed by atoms with Gasteiger partial charge in [-0.15, -0.1) is 0 Å². The number of aryl methyl sites for hydroxylation is 2. The van der Waals surface area contributed by atoms with Gasteiger partial charge in [0, 0.05) is 23.1 Å². The first-order valence-electron chi connectivity index (χ1n) is 8.54. The molecule has 26 heavy (non-hydrogen) atoms. The standard InChI is InChI=1S/C21H22N2O3/c1-13-8-9-18(26-3)15(12-13)10-11-22-21(25)20(24)19-14(2)23-17-7-5-4-6-16(17)19/h4-9,12,23H,10-11H2,1-3H3,(H,22,25). The van der Waals surface area contributed by atoms with E-state index in [1.807, 2.05) is 49.4 Å². The molecule has 0 atom stereocenters. The molecule has 0 aliphatic carbocycles. The van der Waals surface area contributed by atoms with Crippen molar-refractivity contribution in [1.29, 1.82) is 0 Å². The summed E-state index contributed by atoms with van der Waals surface area (Å²) in [5.41, 5.74) is 4.12. The predicted octanol–water partition coefficient (Wildman–Crippen LogP) is 3.33. The maximum atomic E-state index is 12.6. The lowest BCUT2D eigenvalue weighted by atomic mass is 10.1. The summed E-state index contributed by atoms with van der Waals surface area (Å²) in [5, 5.41) is 3.49. The van der Waals surface area contributed by atoms with E-state index in [1.54, 1.807) is 14.0 Å². The van der Waals surface area contributed by atoms with Crippen molar-refractivity contribution >= 4 is 22.6 Å². The Morgan fingerprint density at radius 3 is 2.65 bits per heavy atom. The first kappa shape index (κ1) is 17.7. The molecule has 5 heteroatoms. The molecule has 0 spiro atoms. The van der Waals surface area contributed by atoms with Gasteiger partial charge < -0.3 is 15.0 Å². The molecule has 3 aromatic rings. The van der Waals surface area contributed by atoms with Crippen LogP contribution >= 0.6 is 0 Å². The van der Waals surface area contributed by atoms with Crippen LogP contribution in [0.25, 0.3) is 10.9 Å². The van der Waals surface area contributed by atoms with Crippen LogP contribution in [-0.4, -0.2) is 30.3 Å². The maximum Gasteiger partial charge on any atom is 0.292 e. The summed E-state index contributed by atoms with van der Waals surface area (Å²) in [6.45, 7) is 4.18. The first-order chi connectivity index (χ1) is 12.5. The monoisotopic (exact) mass is 350 g/mol. The number of carbonyl (C=O) groups is 2. The third kappa shape index (κ3) is 3.47. The van der Waals surface area contributed by atoms with Gasteiger partial charge in [0.15, 0.2) is 0 Å². The fourth-order valence-corrected chi connectivity index (χ4v) is 3.18. The molecule has 5 nitrogen and oxygen atoms in total. The zero-order valence-corrected chi connectivity index (χ0v) is 15.2. The average molecular weight is 350 g/mol. The van der Waals surface area contributed by atoms with Gasteiger partial charge in [0.2, 0.25) is 0 Å². The number of aromatic nitrogens is 1. The highest BCUT2D eigenvalue weighted by Gasteiger charge is 2.22. The van der Waals surface area contributed by atoms with Crippen LogP contribution in [0.4, 0.5) is 0 Å². The van der Waals surface area contributed by atoms with Crippen molar-refractivity contribution in [2.24, 2.45) is 0 Å². The van der Waals surface area contributed by atoms with Crippen LogP contribution in [-0.2, 0) is 11.2 Å². The van der Waals surface area contributed by atoms with Gasteiger partial charge in [0.05, 0.1) is 12.7 Å². The number of nitrogens with one attached hydrogen (secondary N) is 2. The molecular formula is C21H22N2O3. The first-order valence-corrected chi connectivity index (χ1v) is 8.54. The molecule has 2 aromatic carbocycles. The van der Waals surface area contributed by atoms with Gasteiger partial charge in [-0.25, -0.2) is 0 Å². The molecule has 0 aliphatic rings. The second-order valence-electron chi connectivity index (χ2n) is 6.32. The van der Waals surface area contributed by atoms with Crippen LogP contribution in [0, 0.1) is 13.8 Å². The second kappa shape index (κ2) is 7.44. The third-order valence-corrected chi connectivity index (χ3v) is 4.44. The molecule has 0 fully saturated rings. The topological polar surface area (TPSA) is 71.2 Å². The number of rotatable bonds is 6. The Morgan fingerprint density at radius 2 is 1.88 bits per heavy atom. The maximum absolute atomic E-state index is 12.6. The molecule has 1 heterocycles. The van der Waals surface area contributed by atoms with E-state index in [0.717, 1.165) is 27.8 Å². The van der Waals surface area contributed by atoms with Crippen molar-refractivity contribution in [3.05, 3.63) is 64.8 Å². The zero-order chi connectivity index (χ0) is 18.7. The summed E-state index contributed by atoms with van der Waals surface area (Å²) in [4.78, 5) is 28.1. The minimum absolute atomic E-state index is 0.367. The van der Waals surface area contributed by atoms with Gasteiger partial charge >= 0.3 is 0 Å². The lowest BCUT2D eigenvalue weighted by molar-refractivity contribution is -0.116. The molecule has 1 aromatic heterocycles. The molecule has 3 rings (SSSR count). The Kier molecular flexibility index (Phi) is 5.07. The van der Waals surface area contributed by atoms with E-state index in [-0.39, 0.29) is 0 Å². The van der Waals surface area contributed by atoms with Crippen LogP contribution in [0.5, 0.6) is 5.75 Å². The highest BCUT2D eigenvalue weighted by molar-refractivity contribution is 6.45. The highest BCUT2D eigenvalue weighted by atomic mass is 16.5. The predicted molar refractivity (Wildman–Crippen MR) is 102 cm³/mol. The van der Waals surface area contributed by atoms with Crippen LogP contribution in [0.15, 0.2) is 42.5 Å². The van der Waals surface area contributed by atoms with Gasteiger partial charge in [0.1, 0.15) is 5.75 Å². The Morgan fingerprint density at radius 1 is 1.12 bits per heavy atom. The van der Waals surface area contributed by atoms with E-state index in [4.69, 9.17) is 4.74 Å². The molecule has 0 aliphatic heterocycles. The quantitative estimate of drug-likeness (QED) is 0.529. The van der Waals surface area contributed by atoms with E-state index >= 15 is 0 Å². The number of Topliss-reactive ketones (excluding diaryl/α,β-unsaturated/α-hetero) is 1. The average Bonchev–Trinajstić information content (AvgIpc) is 2.97. The van der Waals surface area contributed by atoms with Crippen molar-refractivity contribution in [3.8, 4) is 5.75 Å². The summed E-state index contributed by atoms with van der Waals surface area (Å²) < 4.78 is 5.34. The molecule has 1 amide bonds. The lowest BCUT2D eigenvalue weighted by Gasteiger charge is -2.10. The van der Waals surface area contributed by atoms with Crippen molar-refractivity contribution in [2.45, 2.75) is 20.3 Å². The van der Waals surface area contributed by atoms with E-state index < -0.39 is 11.7 Å². The highest BCUT2D eigenvalue weighted by Crippen LogP contribution is 2.22. The number of amides is 1. The Balaban J connectivity index is 1.69. The summed E-state index contributed by atoms with van der Waals surface area (Å²) in [6.07, 6.45) is 0.594. The number of carbonyl (C=O) groups excluding carboxylic acids is 2. The number of hydrogen-bond donors (Lipinski definition) is 2. The number of fused-ring (bicyclic) bond motifs is 1. The second-order valence-corrected chi connectivity index (χ2v) is 6.32. The van der Waals surface area contributed by atoms with Gasteiger partial charge in [-0.2, -0.15) is 0 Å². The van der Waals surface area contributed by atoms with Gasteiger partial charge in [-0.05, 0) is 38.0 Å². The fraction of sp³-hybridized carbons (Fsp3) is 0.238. The minimum Gasteiger partial charge on any atom is -0.496 e. The van der Waals surface area contributed by atoms with Crippen LogP contribution < -0.4 is 10.1 Å². The number of para-hydroxylation sites is 1. The molecule has 2 N–H and O–H groups in total. The molecule has 0 saturated carbocycles. The molecule has 0 saturated heterocycles. The normalized spacial score (nSPS) is 10.7. The smallest absolute Gasteiger partial charge is 0.292 e. The molecule has 0 bridgehead atoms. The van der Waals surface area contributed by atoms with Crippen LogP contribution in [0.2, 0.25) is 0 Å². The Bertz CT molecular complexity index is 973.